The fourth-order valence-corrected chi connectivity index (χ4v) is 1.77. The van der Waals surface area contributed by atoms with Gasteiger partial charge in [-0.2, -0.15) is 5.26 Å². The second-order valence-corrected chi connectivity index (χ2v) is 3.85. The Balaban J connectivity index is 3.46. The molecule has 0 bridgehead atoms. The normalized spacial score (nSPS) is 9.67. The number of nitriles is 1. The van der Waals surface area contributed by atoms with E-state index in [0.717, 1.165) is 17.3 Å². The minimum atomic E-state index is -1.20. The maximum atomic E-state index is 10.8. The zero-order chi connectivity index (χ0) is 11.6. The summed E-state index contributed by atoms with van der Waals surface area (Å²) < 4.78 is 0. The molecular weight excluding hydrogens is 214 g/mol. The fraction of sp³-hybridized carbons (Fsp3) is 0.200. The third-order valence-electron chi connectivity index (χ3n) is 2.20. The second kappa shape index (κ2) is 4.24. The van der Waals surface area contributed by atoms with Crippen molar-refractivity contribution in [2.24, 2.45) is 0 Å². The molecule has 0 saturated heterocycles. The Kier molecular flexibility index (Phi) is 3.22. The summed E-state index contributed by atoms with van der Waals surface area (Å²) in [6.45, 7) is 3.36. The van der Waals surface area contributed by atoms with E-state index in [0.29, 0.717) is 10.5 Å². The first kappa shape index (κ1) is 11.4. The van der Waals surface area contributed by atoms with Gasteiger partial charge in [0.15, 0.2) is 0 Å². The Morgan fingerprint density at radius 3 is 2.53 bits per heavy atom. The molecule has 0 atom stereocenters. The van der Waals surface area contributed by atoms with Crippen LogP contribution in [-0.4, -0.2) is 16.2 Å². The molecule has 0 spiro atoms. The second-order valence-electron chi connectivity index (χ2n) is 3.02. The van der Waals surface area contributed by atoms with Crippen molar-refractivity contribution in [1.82, 2.24) is 0 Å². The molecule has 1 aromatic rings. The van der Waals surface area contributed by atoms with Gasteiger partial charge in [-0.05, 0) is 42.8 Å². The smallest absolute Gasteiger partial charge is 0.339 e. The first-order valence-corrected chi connectivity index (χ1v) is 4.93. The minimum Gasteiger partial charge on any atom is -0.507 e. The number of rotatable bonds is 2. The van der Waals surface area contributed by atoms with Crippen LogP contribution < -0.4 is 0 Å². The highest BCUT2D eigenvalue weighted by Crippen LogP contribution is 2.33. The standard InChI is InChI=1S/C10H9NO3S/c1-5-6(2)9(12)7(10(13)14)3-8(5)15-4-11/h3,12H,1-2H3,(H,13,14). The van der Waals surface area contributed by atoms with Gasteiger partial charge >= 0.3 is 5.97 Å². The molecule has 15 heavy (non-hydrogen) atoms. The van der Waals surface area contributed by atoms with Gasteiger partial charge in [-0.3, -0.25) is 0 Å². The number of nitrogens with zero attached hydrogens (tertiary/aromatic N) is 1. The number of aromatic carboxylic acids is 1. The molecule has 0 heterocycles. The van der Waals surface area contributed by atoms with Crippen LogP contribution in [0, 0.1) is 24.5 Å². The van der Waals surface area contributed by atoms with Gasteiger partial charge in [0.25, 0.3) is 0 Å². The Morgan fingerprint density at radius 1 is 1.47 bits per heavy atom. The topological polar surface area (TPSA) is 81.3 Å². The van der Waals surface area contributed by atoms with Gasteiger partial charge in [-0.25, -0.2) is 4.79 Å². The van der Waals surface area contributed by atoms with E-state index >= 15 is 0 Å². The summed E-state index contributed by atoms with van der Waals surface area (Å²) in [6, 6.07) is 1.31. The van der Waals surface area contributed by atoms with E-state index in [1.807, 2.05) is 5.40 Å². The molecule has 4 nitrogen and oxygen atoms in total. The van der Waals surface area contributed by atoms with Crippen molar-refractivity contribution in [1.29, 1.82) is 5.26 Å². The van der Waals surface area contributed by atoms with Crippen LogP contribution in [0.1, 0.15) is 21.5 Å². The first-order valence-electron chi connectivity index (χ1n) is 4.11. The van der Waals surface area contributed by atoms with Gasteiger partial charge in [0, 0.05) is 4.90 Å². The van der Waals surface area contributed by atoms with E-state index < -0.39 is 5.97 Å². The summed E-state index contributed by atoms with van der Waals surface area (Å²) in [5, 5.41) is 28.8. The molecule has 1 rings (SSSR count). The maximum absolute atomic E-state index is 10.8. The highest BCUT2D eigenvalue weighted by molar-refractivity contribution is 8.03. The van der Waals surface area contributed by atoms with Crippen LogP contribution in [0.2, 0.25) is 0 Å². The van der Waals surface area contributed by atoms with Crippen LogP contribution in [0.5, 0.6) is 5.75 Å². The van der Waals surface area contributed by atoms with E-state index in [9.17, 15) is 9.90 Å². The van der Waals surface area contributed by atoms with Crippen molar-refractivity contribution >= 4 is 17.7 Å². The predicted octanol–water partition coefficient (Wildman–Crippen LogP) is 2.28. The molecule has 0 aliphatic heterocycles. The molecule has 0 fully saturated rings. The average molecular weight is 223 g/mol. The van der Waals surface area contributed by atoms with E-state index in [2.05, 4.69) is 0 Å². The zero-order valence-electron chi connectivity index (χ0n) is 8.24. The van der Waals surface area contributed by atoms with Crippen molar-refractivity contribution in [3.8, 4) is 11.2 Å². The molecule has 0 saturated carbocycles. The molecular formula is C10H9NO3S. The summed E-state index contributed by atoms with van der Waals surface area (Å²) in [4.78, 5) is 11.3. The van der Waals surface area contributed by atoms with Gasteiger partial charge in [0.1, 0.15) is 16.7 Å². The van der Waals surface area contributed by atoms with Crippen LogP contribution in [0.15, 0.2) is 11.0 Å². The lowest BCUT2D eigenvalue weighted by Gasteiger charge is -2.09. The molecule has 0 aromatic heterocycles. The average Bonchev–Trinajstić information content (AvgIpc) is 2.18. The van der Waals surface area contributed by atoms with Gasteiger partial charge in [-0.15, -0.1) is 0 Å². The minimum absolute atomic E-state index is 0.171. The van der Waals surface area contributed by atoms with Crippen LogP contribution in [0.4, 0.5) is 0 Å². The number of thiocyanates is 1. The van der Waals surface area contributed by atoms with Crippen molar-refractivity contribution in [2.75, 3.05) is 0 Å². The Hall–Kier alpha value is -1.67. The number of phenols is 1. The monoisotopic (exact) mass is 223 g/mol. The highest BCUT2D eigenvalue weighted by atomic mass is 32.2. The van der Waals surface area contributed by atoms with E-state index in [-0.39, 0.29) is 11.3 Å². The highest BCUT2D eigenvalue weighted by Gasteiger charge is 2.16. The van der Waals surface area contributed by atoms with Crippen molar-refractivity contribution in [3.63, 3.8) is 0 Å². The molecule has 0 amide bonds. The largest absolute Gasteiger partial charge is 0.507 e. The lowest BCUT2D eigenvalue weighted by molar-refractivity contribution is 0.0693. The number of carboxylic acids is 1. The van der Waals surface area contributed by atoms with Crippen LogP contribution >= 0.6 is 11.8 Å². The lowest BCUT2D eigenvalue weighted by atomic mass is 10.0. The fourth-order valence-electron chi connectivity index (χ4n) is 1.19. The Labute approximate surface area is 91.2 Å². The van der Waals surface area contributed by atoms with Crippen LogP contribution in [0.3, 0.4) is 0 Å². The molecule has 0 aliphatic rings. The summed E-state index contributed by atoms with van der Waals surface area (Å²) in [5.74, 6) is -1.43. The maximum Gasteiger partial charge on any atom is 0.339 e. The number of thioether (sulfide) groups is 1. The van der Waals surface area contributed by atoms with Crippen LogP contribution in [-0.2, 0) is 0 Å². The summed E-state index contributed by atoms with van der Waals surface area (Å²) >= 11 is 0.887. The van der Waals surface area contributed by atoms with Crippen molar-refractivity contribution < 1.29 is 15.0 Å². The van der Waals surface area contributed by atoms with E-state index in [4.69, 9.17) is 10.4 Å². The van der Waals surface area contributed by atoms with Gasteiger partial charge < -0.3 is 10.2 Å². The number of benzene rings is 1. The Morgan fingerprint density at radius 2 is 2.07 bits per heavy atom. The third-order valence-corrected chi connectivity index (χ3v) is 2.94. The molecule has 5 heteroatoms. The quantitative estimate of drug-likeness (QED) is 0.593. The molecule has 2 N–H and O–H groups in total. The number of carbonyl (C=O) groups is 1. The third kappa shape index (κ3) is 2.05. The van der Waals surface area contributed by atoms with Gasteiger partial charge in [0.05, 0.1) is 0 Å². The summed E-state index contributed by atoms with van der Waals surface area (Å²) in [5.41, 5.74) is 1.05. The van der Waals surface area contributed by atoms with E-state index in [1.54, 1.807) is 13.8 Å². The number of carboxylic acid groups (broad SMARTS) is 1. The molecule has 0 aliphatic carbocycles. The SMILES string of the molecule is Cc1c(SC#N)cc(C(=O)O)c(O)c1C. The number of hydrogen-bond donors (Lipinski definition) is 2. The van der Waals surface area contributed by atoms with E-state index in [1.165, 1.54) is 6.07 Å². The van der Waals surface area contributed by atoms with Crippen LogP contribution in [0.25, 0.3) is 0 Å². The zero-order valence-corrected chi connectivity index (χ0v) is 9.05. The summed E-state index contributed by atoms with van der Waals surface area (Å²) in [6.07, 6.45) is 0. The Bertz CT molecular complexity index is 463. The molecule has 0 radical (unpaired) electrons. The predicted molar refractivity (Wildman–Crippen MR) is 56.0 cm³/mol. The number of hydrogen-bond acceptors (Lipinski definition) is 4. The number of aromatic hydroxyl groups is 1. The molecule has 0 unspecified atom stereocenters. The lowest BCUT2D eigenvalue weighted by Crippen LogP contribution is -2.00. The van der Waals surface area contributed by atoms with Gasteiger partial charge in [0.2, 0.25) is 0 Å². The molecule has 1 aromatic carbocycles. The molecule has 78 valence electrons. The van der Waals surface area contributed by atoms with Gasteiger partial charge in [-0.1, -0.05) is 0 Å². The van der Waals surface area contributed by atoms with Crippen molar-refractivity contribution in [3.05, 3.63) is 22.8 Å². The first-order chi connectivity index (χ1) is 6.99. The van der Waals surface area contributed by atoms with Crippen molar-refractivity contribution in [2.45, 2.75) is 18.7 Å². The summed E-state index contributed by atoms with van der Waals surface area (Å²) in [7, 11) is 0.